The Hall–Kier alpha value is -0.910. The third-order valence-electron chi connectivity index (χ3n) is 3.68. The Bertz CT molecular complexity index is 486. The summed E-state index contributed by atoms with van der Waals surface area (Å²) in [5.74, 6) is 0.871. The van der Waals surface area contributed by atoms with Crippen LogP contribution in [0, 0.1) is 0 Å². The molecule has 21 heavy (non-hydrogen) atoms. The number of hydrogen-bond donors (Lipinski definition) is 2. The van der Waals surface area contributed by atoms with E-state index >= 15 is 0 Å². The zero-order chi connectivity index (χ0) is 15.2. The number of benzene rings is 1. The van der Waals surface area contributed by atoms with Gasteiger partial charge in [-0.05, 0) is 43.0 Å². The number of anilines is 1. The van der Waals surface area contributed by atoms with E-state index in [9.17, 15) is 4.79 Å². The lowest BCUT2D eigenvalue weighted by atomic mass is 10.2. The third kappa shape index (κ3) is 4.80. The molecule has 0 spiro atoms. The number of nitrogens with one attached hydrogen (secondary N) is 1. The van der Waals surface area contributed by atoms with E-state index in [-0.39, 0.29) is 11.9 Å². The molecule has 1 aliphatic heterocycles. The molecule has 4 nitrogen and oxygen atoms in total. The predicted molar refractivity (Wildman–Crippen MR) is 91.2 cm³/mol. The van der Waals surface area contributed by atoms with Gasteiger partial charge in [-0.2, -0.15) is 11.8 Å². The Labute approximate surface area is 135 Å². The van der Waals surface area contributed by atoms with Gasteiger partial charge in [-0.3, -0.25) is 4.79 Å². The maximum atomic E-state index is 12.0. The fourth-order valence-electron chi connectivity index (χ4n) is 2.47. The van der Waals surface area contributed by atoms with Gasteiger partial charge in [0.05, 0.1) is 6.04 Å². The minimum Gasteiger partial charge on any atom is -0.369 e. The van der Waals surface area contributed by atoms with Crippen molar-refractivity contribution in [2.24, 2.45) is 5.73 Å². The van der Waals surface area contributed by atoms with E-state index in [1.165, 1.54) is 0 Å². The van der Waals surface area contributed by atoms with Crippen LogP contribution in [0.5, 0.6) is 0 Å². The SMILES string of the molecule is CSCC[C@H](N)C(=O)NC1CCN(c2cccc(Cl)c2)C1. The van der Waals surface area contributed by atoms with Gasteiger partial charge < -0.3 is 16.0 Å². The largest absolute Gasteiger partial charge is 0.369 e. The summed E-state index contributed by atoms with van der Waals surface area (Å²) in [6, 6.07) is 7.57. The van der Waals surface area contributed by atoms with Gasteiger partial charge in [0.15, 0.2) is 0 Å². The molecule has 1 fully saturated rings. The number of rotatable bonds is 6. The lowest BCUT2D eigenvalue weighted by Crippen LogP contribution is -2.46. The molecule has 1 aromatic rings. The first-order valence-electron chi connectivity index (χ1n) is 7.15. The second kappa shape index (κ2) is 7.92. The molecule has 1 aliphatic rings. The fourth-order valence-corrected chi connectivity index (χ4v) is 3.14. The molecular formula is C15H22ClN3OS. The van der Waals surface area contributed by atoms with Crippen LogP contribution in [0.4, 0.5) is 5.69 Å². The maximum absolute atomic E-state index is 12.0. The van der Waals surface area contributed by atoms with Gasteiger partial charge in [-0.15, -0.1) is 0 Å². The number of hydrogen-bond acceptors (Lipinski definition) is 4. The highest BCUT2D eigenvalue weighted by Crippen LogP contribution is 2.23. The van der Waals surface area contributed by atoms with E-state index in [2.05, 4.69) is 10.2 Å². The van der Waals surface area contributed by atoms with E-state index in [4.69, 9.17) is 17.3 Å². The summed E-state index contributed by atoms with van der Waals surface area (Å²) in [5.41, 5.74) is 6.99. The van der Waals surface area contributed by atoms with Crippen molar-refractivity contribution < 1.29 is 4.79 Å². The van der Waals surface area contributed by atoms with Crippen molar-refractivity contribution in [1.29, 1.82) is 0 Å². The molecule has 0 aromatic heterocycles. The second-order valence-electron chi connectivity index (χ2n) is 5.31. The van der Waals surface area contributed by atoms with Crippen LogP contribution < -0.4 is 16.0 Å². The highest BCUT2D eigenvalue weighted by Gasteiger charge is 2.25. The monoisotopic (exact) mass is 327 g/mol. The molecular weight excluding hydrogens is 306 g/mol. The molecule has 2 rings (SSSR count). The van der Waals surface area contributed by atoms with Crippen molar-refractivity contribution >= 4 is 35.0 Å². The minimum atomic E-state index is -0.405. The minimum absolute atomic E-state index is 0.0398. The second-order valence-corrected chi connectivity index (χ2v) is 6.73. The number of nitrogens with zero attached hydrogens (tertiary/aromatic N) is 1. The summed E-state index contributed by atoms with van der Waals surface area (Å²) >= 11 is 7.73. The molecule has 116 valence electrons. The summed E-state index contributed by atoms with van der Waals surface area (Å²) in [6.07, 6.45) is 3.68. The van der Waals surface area contributed by atoms with Crippen LogP contribution in [-0.2, 0) is 4.79 Å². The van der Waals surface area contributed by atoms with Crippen molar-refractivity contribution in [2.45, 2.75) is 24.9 Å². The molecule has 0 saturated carbocycles. The van der Waals surface area contributed by atoms with Crippen molar-refractivity contribution in [3.8, 4) is 0 Å². The van der Waals surface area contributed by atoms with Crippen LogP contribution in [0.3, 0.4) is 0 Å². The average Bonchev–Trinajstić information content (AvgIpc) is 2.93. The molecule has 0 aliphatic carbocycles. The van der Waals surface area contributed by atoms with Crippen LogP contribution in [0.25, 0.3) is 0 Å². The molecule has 1 aromatic carbocycles. The Morgan fingerprint density at radius 2 is 2.43 bits per heavy atom. The van der Waals surface area contributed by atoms with Crippen molar-refractivity contribution in [2.75, 3.05) is 30.0 Å². The average molecular weight is 328 g/mol. The van der Waals surface area contributed by atoms with Crippen molar-refractivity contribution in [3.63, 3.8) is 0 Å². The molecule has 6 heteroatoms. The number of nitrogens with two attached hydrogens (primary N) is 1. The van der Waals surface area contributed by atoms with Crippen LogP contribution in [0.2, 0.25) is 5.02 Å². The first-order valence-corrected chi connectivity index (χ1v) is 8.92. The molecule has 1 heterocycles. The summed E-state index contributed by atoms with van der Waals surface area (Å²) in [4.78, 5) is 14.3. The Kier molecular flexibility index (Phi) is 6.21. The predicted octanol–water partition coefficient (Wildman–Crippen LogP) is 2.12. The molecule has 0 bridgehead atoms. The van der Waals surface area contributed by atoms with Crippen LogP contribution in [0.1, 0.15) is 12.8 Å². The molecule has 1 unspecified atom stereocenters. The van der Waals surface area contributed by atoms with Gasteiger partial charge in [-0.25, -0.2) is 0 Å². The maximum Gasteiger partial charge on any atom is 0.237 e. The Morgan fingerprint density at radius 1 is 1.62 bits per heavy atom. The molecule has 3 N–H and O–H groups in total. The third-order valence-corrected chi connectivity index (χ3v) is 4.56. The van der Waals surface area contributed by atoms with Crippen molar-refractivity contribution in [3.05, 3.63) is 29.3 Å². The molecule has 0 radical (unpaired) electrons. The highest BCUT2D eigenvalue weighted by atomic mass is 35.5. The van der Waals surface area contributed by atoms with E-state index < -0.39 is 6.04 Å². The highest BCUT2D eigenvalue weighted by molar-refractivity contribution is 7.98. The van der Waals surface area contributed by atoms with Crippen LogP contribution in [-0.4, -0.2) is 43.1 Å². The summed E-state index contributed by atoms with van der Waals surface area (Å²) in [6.45, 7) is 1.73. The summed E-state index contributed by atoms with van der Waals surface area (Å²) in [5, 5.41) is 3.79. The lowest BCUT2D eigenvalue weighted by molar-refractivity contribution is -0.122. The molecule has 1 amide bonds. The Morgan fingerprint density at radius 3 is 3.14 bits per heavy atom. The molecule has 1 saturated heterocycles. The van der Waals surface area contributed by atoms with Crippen LogP contribution >= 0.6 is 23.4 Å². The Balaban J connectivity index is 1.84. The topological polar surface area (TPSA) is 58.4 Å². The number of carbonyl (C=O) groups excluding carboxylic acids is 1. The van der Waals surface area contributed by atoms with Gasteiger partial charge in [0.25, 0.3) is 0 Å². The summed E-state index contributed by atoms with van der Waals surface area (Å²) in [7, 11) is 0. The fraction of sp³-hybridized carbons (Fsp3) is 0.533. The smallest absolute Gasteiger partial charge is 0.237 e. The zero-order valence-corrected chi connectivity index (χ0v) is 13.8. The van der Waals surface area contributed by atoms with E-state index in [1.54, 1.807) is 11.8 Å². The van der Waals surface area contributed by atoms with E-state index in [0.29, 0.717) is 0 Å². The van der Waals surface area contributed by atoms with E-state index in [0.717, 1.165) is 42.4 Å². The number of amides is 1. The molecule has 2 atom stereocenters. The van der Waals surface area contributed by atoms with Crippen LogP contribution in [0.15, 0.2) is 24.3 Å². The van der Waals surface area contributed by atoms with Gasteiger partial charge in [0.2, 0.25) is 5.91 Å². The van der Waals surface area contributed by atoms with Crippen molar-refractivity contribution in [1.82, 2.24) is 5.32 Å². The normalized spacial score (nSPS) is 19.6. The first kappa shape index (κ1) is 16.5. The lowest BCUT2D eigenvalue weighted by Gasteiger charge is -2.20. The summed E-state index contributed by atoms with van der Waals surface area (Å²) < 4.78 is 0. The number of thioether (sulfide) groups is 1. The van der Waals surface area contributed by atoms with Gasteiger partial charge >= 0.3 is 0 Å². The first-order chi connectivity index (χ1) is 10.1. The zero-order valence-electron chi connectivity index (χ0n) is 12.2. The van der Waals surface area contributed by atoms with E-state index in [1.807, 2.05) is 30.5 Å². The van der Waals surface area contributed by atoms with Gasteiger partial charge in [-0.1, -0.05) is 17.7 Å². The number of halogens is 1. The quantitative estimate of drug-likeness (QED) is 0.840. The van der Waals surface area contributed by atoms with Gasteiger partial charge in [0, 0.05) is 29.8 Å². The number of carbonyl (C=O) groups is 1. The van der Waals surface area contributed by atoms with Gasteiger partial charge in [0.1, 0.15) is 0 Å². The standard InChI is InChI=1S/C15H22ClN3OS/c1-21-8-6-14(17)15(20)18-12-5-7-19(10-12)13-4-2-3-11(16)9-13/h2-4,9,12,14H,5-8,10,17H2,1H3,(H,18,20)/t12?,14-/m0/s1.